The summed E-state index contributed by atoms with van der Waals surface area (Å²) in [6, 6.07) is 16.5. The molecular formula is C26H31F3N4O. The van der Waals surface area contributed by atoms with Gasteiger partial charge in [0, 0.05) is 43.3 Å². The van der Waals surface area contributed by atoms with Gasteiger partial charge < -0.3 is 20.7 Å². The van der Waals surface area contributed by atoms with Crippen LogP contribution in [0.4, 0.5) is 24.7 Å². The zero-order valence-electron chi connectivity index (χ0n) is 19.5. The zero-order valence-corrected chi connectivity index (χ0v) is 19.5. The minimum Gasteiger partial charge on any atom is -0.406 e. The summed E-state index contributed by atoms with van der Waals surface area (Å²) in [6.45, 7) is 0. The maximum absolute atomic E-state index is 12.7. The van der Waals surface area contributed by atoms with Crippen molar-refractivity contribution in [2.45, 2.75) is 50.6 Å². The molecule has 3 N–H and O–H groups in total. The van der Waals surface area contributed by atoms with Crippen LogP contribution < -0.4 is 20.7 Å². The fourth-order valence-corrected chi connectivity index (χ4v) is 4.82. The first-order valence-electron chi connectivity index (χ1n) is 11.6. The van der Waals surface area contributed by atoms with Crippen molar-refractivity contribution in [2.24, 2.45) is 11.7 Å². The number of rotatable bonds is 7. The normalized spacial score (nSPS) is 19.6. The van der Waals surface area contributed by atoms with Crippen LogP contribution in [0.1, 0.15) is 31.2 Å². The summed E-state index contributed by atoms with van der Waals surface area (Å²) in [5, 5.41) is 4.70. The predicted octanol–water partition coefficient (Wildman–Crippen LogP) is 5.74. The van der Waals surface area contributed by atoms with Gasteiger partial charge in [0.15, 0.2) is 0 Å². The largest absolute Gasteiger partial charge is 0.573 e. The Morgan fingerprint density at radius 1 is 1.06 bits per heavy atom. The number of benzene rings is 2. The Morgan fingerprint density at radius 2 is 1.74 bits per heavy atom. The molecule has 1 aliphatic carbocycles. The van der Waals surface area contributed by atoms with Crippen molar-refractivity contribution in [3.63, 3.8) is 0 Å². The molecule has 0 aliphatic heterocycles. The summed E-state index contributed by atoms with van der Waals surface area (Å²) in [7, 11) is 4.05. The molecule has 5 nitrogen and oxygen atoms in total. The molecule has 0 bridgehead atoms. The Morgan fingerprint density at radius 3 is 2.44 bits per heavy atom. The van der Waals surface area contributed by atoms with E-state index in [-0.39, 0.29) is 23.8 Å². The molecule has 182 valence electrons. The van der Waals surface area contributed by atoms with Gasteiger partial charge in [-0.15, -0.1) is 13.2 Å². The van der Waals surface area contributed by atoms with Gasteiger partial charge in [0.1, 0.15) is 11.6 Å². The van der Waals surface area contributed by atoms with Gasteiger partial charge in [-0.05, 0) is 55.7 Å². The van der Waals surface area contributed by atoms with Gasteiger partial charge in [-0.2, -0.15) is 0 Å². The number of nitrogens with two attached hydrogens (primary N) is 1. The van der Waals surface area contributed by atoms with Crippen LogP contribution in [0.2, 0.25) is 0 Å². The molecule has 1 aromatic heterocycles. The van der Waals surface area contributed by atoms with E-state index in [0.29, 0.717) is 12.0 Å². The molecule has 8 heteroatoms. The number of alkyl halides is 3. The third-order valence-corrected chi connectivity index (χ3v) is 6.56. The van der Waals surface area contributed by atoms with Crippen molar-refractivity contribution in [2.75, 3.05) is 24.3 Å². The molecule has 1 fully saturated rings. The molecule has 0 spiro atoms. The number of halogens is 3. The molecule has 1 atom stereocenters. The molecule has 0 radical (unpaired) electrons. The van der Waals surface area contributed by atoms with Gasteiger partial charge in [0.25, 0.3) is 0 Å². The van der Waals surface area contributed by atoms with E-state index in [9.17, 15) is 13.2 Å². The highest BCUT2D eigenvalue weighted by atomic mass is 19.4. The lowest BCUT2D eigenvalue weighted by Gasteiger charge is -2.33. The van der Waals surface area contributed by atoms with E-state index in [1.165, 1.54) is 12.1 Å². The first-order valence-corrected chi connectivity index (χ1v) is 11.6. The van der Waals surface area contributed by atoms with Crippen LogP contribution in [-0.4, -0.2) is 37.5 Å². The van der Waals surface area contributed by atoms with E-state index >= 15 is 0 Å². The number of ether oxygens (including phenoxy) is 1. The van der Waals surface area contributed by atoms with Gasteiger partial charge in [-0.1, -0.05) is 36.4 Å². The highest BCUT2D eigenvalue weighted by Gasteiger charge is 2.33. The third-order valence-electron chi connectivity index (χ3n) is 6.56. The molecular weight excluding hydrogens is 441 g/mol. The van der Waals surface area contributed by atoms with Gasteiger partial charge >= 0.3 is 6.36 Å². The van der Waals surface area contributed by atoms with E-state index in [1.807, 2.05) is 32.3 Å². The molecule has 2 aromatic carbocycles. The molecule has 0 amide bonds. The monoisotopic (exact) mass is 472 g/mol. The summed E-state index contributed by atoms with van der Waals surface area (Å²) < 4.78 is 42.4. The van der Waals surface area contributed by atoms with Crippen LogP contribution >= 0.6 is 0 Å². The summed E-state index contributed by atoms with van der Waals surface area (Å²) in [5.74, 6) is 0.937. The number of hydrogen-bond donors (Lipinski definition) is 2. The second kappa shape index (κ2) is 10.1. The van der Waals surface area contributed by atoms with Crippen molar-refractivity contribution in [1.29, 1.82) is 0 Å². The van der Waals surface area contributed by atoms with Crippen LogP contribution in [0.15, 0.2) is 54.6 Å². The van der Waals surface area contributed by atoms with Crippen LogP contribution in [-0.2, 0) is 6.42 Å². The number of nitrogens with one attached hydrogen (secondary N) is 1. The second-order valence-electron chi connectivity index (χ2n) is 9.22. The van der Waals surface area contributed by atoms with Gasteiger partial charge in [0.05, 0.1) is 5.52 Å². The molecule has 1 heterocycles. The van der Waals surface area contributed by atoms with Crippen LogP contribution in [0.3, 0.4) is 0 Å². The summed E-state index contributed by atoms with van der Waals surface area (Å²) in [6.07, 6.45) is -0.666. The standard InChI is InChI=1S/C26H31F3N4O/c1-33(2)23-16-25(32-22-9-5-4-8-20(22)23)31-19-13-11-17(12-14-19)21(30)15-18-7-3-6-10-24(18)34-26(27,28)29/h3-10,16-17,19,21H,11-15,30H2,1-2H3,(H,31,32). The first-order chi connectivity index (χ1) is 16.2. The van der Waals surface area contributed by atoms with Gasteiger partial charge in [-0.25, -0.2) is 4.98 Å². The van der Waals surface area contributed by atoms with Crippen molar-refractivity contribution >= 4 is 22.4 Å². The van der Waals surface area contributed by atoms with E-state index in [2.05, 4.69) is 27.1 Å². The number of nitrogens with zero attached hydrogens (tertiary/aromatic N) is 2. The lowest BCUT2D eigenvalue weighted by Crippen LogP contribution is -2.37. The van der Waals surface area contributed by atoms with Crippen molar-refractivity contribution in [3.05, 3.63) is 60.2 Å². The van der Waals surface area contributed by atoms with E-state index in [0.717, 1.165) is 48.1 Å². The van der Waals surface area contributed by atoms with E-state index in [4.69, 9.17) is 10.7 Å². The Balaban J connectivity index is 1.37. The maximum atomic E-state index is 12.7. The predicted molar refractivity (Wildman–Crippen MR) is 130 cm³/mol. The van der Waals surface area contributed by atoms with Crippen molar-refractivity contribution < 1.29 is 17.9 Å². The Kier molecular flexibility index (Phi) is 7.16. The highest BCUT2D eigenvalue weighted by molar-refractivity contribution is 5.93. The topological polar surface area (TPSA) is 63.4 Å². The SMILES string of the molecule is CN(C)c1cc(NC2CCC(C(N)Cc3ccccc3OC(F)(F)F)CC2)nc2ccccc12. The molecule has 1 saturated carbocycles. The number of aromatic nitrogens is 1. The van der Waals surface area contributed by atoms with Gasteiger partial charge in [0.2, 0.25) is 0 Å². The number of hydrogen-bond acceptors (Lipinski definition) is 5. The fraction of sp³-hybridized carbons (Fsp3) is 0.423. The van der Waals surface area contributed by atoms with Gasteiger partial charge in [-0.3, -0.25) is 0 Å². The molecule has 0 saturated heterocycles. The number of fused-ring (bicyclic) bond motifs is 1. The molecule has 3 aromatic rings. The van der Waals surface area contributed by atoms with Crippen molar-refractivity contribution in [3.8, 4) is 5.75 Å². The minimum atomic E-state index is -4.72. The van der Waals surface area contributed by atoms with E-state index in [1.54, 1.807) is 12.1 Å². The lowest BCUT2D eigenvalue weighted by molar-refractivity contribution is -0.274. The fourth-order valence-electron chi connectivity index (χ4n) is 4.82. The molecule has 34 heavy (non-hydrogen) atoms. The minimum absolute atomic E-state index is 0.167. The molecule has 4 rings (SSSR count). The summed E-state index contributed by atoms with van der Waals surface area (Å²) in [4.78, 5) is 6.88. The Labute approximate surface area is 198 Å². The average molecular weight is 473 g/mol. The number of anilines is 2. The van der Waals surface area contributed by atoms with Crippen molar-refractivity contribution in [1.82, 2.24) is 4.98 Å². The molecule has 1 aliphatic rings. The van der Waals surface area contributed by atoms with Crippen LogP contribution in [0, 0.1) is 5.92 Å². The second-order valence-corrected chi connectivity index (χ2v) is 9.22. The highest BCUT2D eigenvalue weighted by Crippen LogP contribution is 2.33. The number of pyridine rings is 1. The Bertz CT molecular complexity index is 1110. The number of para-hydroxylation sites is 2. The maximum Gasteiger partial charge on any atom is 0.573 e. The first kappa shape index (κ1) is 24.1. The van der Waals surface area contributed by atoms with E-state index < -0.39 is 6.36 Å². The van der Waals surface area contributed by atoms with Crippen LogP contribution in [0.5, 0.6) is 5.75 Å². The zero-order chi connectivity index (χ0) is 24.3. The Hall–Kier alpha value is -3.00. The molecule has 1 unspecified atom stereocenters. The van der Waals surface area contributed by atoms with Crippen LogP contribution in [0.25, 0.3) is 10.9 Å². The average Bonchev–Trinajstić information content (AvgIpc) is 2.79. The summed E-state index contributed by atoms with van der Waals surface area (Å²) >= 11 is 0. The summed E-state index contributed by atoms with van der Waals surface area (Å²) in [5.41, 5.74) is 9.01. The third kappa shape index (κ3) is 5.91. The smallest absolute Gasteiger partial charge is 0.406 e. The lowest BCUT2D eigenvalue weighted by atomic mass is 9.80. The quantitative estimate of drug-likeness (QED) is 0.459.